The van der Waals surface area contributed by atoms with Gasteiger partial charge in [0.1, 0.15) is 6.29 Å². The third-order valence-corrected chi connectivity index (χ3v) is 2.88. The Morgan fingerprint density at radius 1 is 1.62 bits per heavy atom. The molecule has 0 fully saturated rings. The van der Waals surface area contributed by atoms with Crippen LogP contribution in [-0.4, -0.2) is 23.8 Å². The quantitative estimate of drug-likeness (QED) is 0.482. The zero-order valence-electron chi connectivity index (χ0n) is 9.07. The lowest BCUT2D eigenvalue weighted by atomic mass is 10.1. The second-order valence-corrected chi connectivity index (χ2v) is 4.02. The van der Waals surface area contributed by atoms with Crippen molar-refractivity contribution in [2.75, 3.05) is 6.61 Å². The van der Waals surface area contributed by atoms with Crippen LogP contribution in [0.15, 0.2) is 16.6 Å². The summed E-state index contributed by atoms with van der Waals surface area (Å²) in [7, 11) is 0. The summed E-state index contributed by atoms with van der Waals surface area (Å²) < 4.78 is 5.64. The summed E-state index contributed by atoms with van der Waals surface area (Å²) in [4.78, 5) is 26.5. The molecular formula is C11H12BrNO3. The van der Waals surface area contributed by atoms with Crippen molar-refractivity contribution >= 4 is 28.2 Å². The second-order valence-electron chi connectivity index (χ2n) is 3.17. The van der Waals surface area contributed by atoms with Crippen LogP contribution < -0.4 is 0 Å². The summed E-state index contributed by atoms with van der Waals surface area (Å²) >= 11 is 3.30. The molecule has 0 spiro atoms. The molecule has 0 aliphatic heterocycles. The van der Waals surface area contributed by atoms with E-state index < -0.39 is 11.9 Å². The molecule has 1 atom stereocenters. The maximum absolute atomic E-state index is 11.5. The smallest absolute Gasteiger partial charge is 0.322 e. The number of pyridine rings is 1. The Bertz CT molecular complexity index is 406. The van der Waals surface area contributed by atoms with Crippen molar-refractivity contribution in [3.63, 3.8) is 0 Å². The topological polar surface area (TPSA) is 56.3 Å². The van der Waals surface area contributed by atoms with Crippen LogP contribution in [0.1, 0.15) is 24.2 Å². The lowest BCUT2D eigenvalue weighted by Crippen LogP contribution is -2.18. The second kappa shape index (κ2) is 5.75. The number of carbonyl (C=O) groups excluding carboxylic acids is 2. The number of ether oxygens (including phenoxy) is 1. The standard InChI is InChI=1S/C11H12BrNO3/c1-3-16-11(15)8(6-14)10-5-4-9(12)7(2)13-10/h4-6,8H,3H2,1-2H3. The van der Waals surface area contributed by atoms with Crippen molar-refractivity contribution in [3.8, 4) is 0 Å². The largest absolute Gasteiger partial charge is 0.465 e. The summed E-state index contributed by atoms with van der Waals surface area (Å²) in [6, 6.07) is 3.39. The van der Waals surface area contributed by atoms with Crippen molar-refractivity contribution < 1.29 is 14.3 Å². The maximum atomic E-state index is 11.5. The average Bonchev–Trinajstić information content (AvgIpc) is 2.25. The highest BCUT2D eigenvalue weighted by Gasteiger charge is 2.22. The minimum atomic E-state index is -0.938. The Morgan fingerprint density at radius 3 is 2.81 bits per heavy atom. The van der Waals surface area contributed by atoms with Crippen molar-refractivity contribution in [3.05, 3.63) is 28.0 Å². The third kappa shape index (κ3) is 2.88. The minimum Gasteiger partial charge on any atom is -0.465 e. The fourth-order valence-electron chi connectivity index (χ4n) is 1.21. The molecule has 0 aliphatic rings. The molecular weight excluding hydrogens is 274 g/mol. The predicted molar refractivity (Wildman–Crippen MR) is 62.1 cm³/mol. The van der Waals surface area contributed by atoms with Gasteiger partial charge >= 0.3 is 5.97 Å². The predicted octanol–water partition coefficient (Wildman–Crippen LogP) is 2.00. The molecule has 5 heteroatoms. The van der Waals surface area contributed by atoms with Crippen molar-refractivity contribution in [2.24, 2.45) is 0 Å². The molecule has 1 heterocycles. The molecule has 0 aliphatic carbocycles. The number of halogens is 1. The van der Waals surface area contributed by atoms with Gasteiger partial charge in [0.15, 0.2) is 5.92 Å². The van der Waals surface area contributed by atoms with Gasteiger partial charge in [0, 0.05) is 4.47 Å². The molecule has 0 bridgehead atoms. The number of aryl methyl sites for hydroxylation is 1. The van der Waals surface area contributed by atoms with Gasteiger partial charge in [0.05, 0.1) is 18.0 Å². The highest BCUT2D eigenvalue weighted by molar-refractivity contribution is 9.10. The molecule has 0 N–H and O–H groups in total. The van der Waals surface area contributed by atoms with E-state index in [1.165, 1.54) is 0 Å². The van der Waals surface area contributed by atoms with Crippen molar-refractivity contribution in [1.29, 1.82) is 0 Å². The van der Waals surface area contributed by atoms with E-state index >= 15 is 0 Å². The molecule has 0 amide bonds. The Balaban J connectivity index is 2.99. The highest BCUT2D eigenvalue weighted by atomic mass is 79.9. The Morgan fingerprint density at radius 2 is 2.31 bits per heavy atom. The van der Waals surface area contributed by atoms with Crippen LogP contribution in [0.5, 0.6) is 0 Å². The number of carbonyl (C=O) groups is 2. The first-order chi connectivity index (χ1) is 7.60. The minimum absolute atomic E-state index is 0.249. The van der Waals surface area contributed by atoms with E-state index in [1.807, 2.05) is 0 Å². The lowest BCUT2D eigenvalue weighted by Gasteiger charge is -2.09. The fraction of sp³-hybridized carbons (Fsp3) is 0.364. The third-order valence-electron chi connectivity index (χ3n) is 2.04. The van der Waals surface area contributed by atoms with E-state index in [9.17, 15) is 9.59 Å². The molecule has 16 heavy (non-hydrogen) atoms. The van der Waals surface area contributed by atoms with Gasteiger partial charge in [-0.2, -0.15) is 0 Å². The fourth-order valence-corrected chi connectivity index (χ4v) is 1.44. The monoisotopic (exact) mass is 285 g/mol. The molecule has 0 saturated carbocycles. The number of hydrogen-bond donors (Lipinski definition) is 0. The number of esters is 1. The van der Waals surface area contributed by atoms with E-state index in [0.29, 0.717) is 12.0 Å². The first-order valence-electron chi connectivity index (χ1n) is 4.85. The first kappa shape index (κ1) is 12.8. The molecule has 1 unspecified atom stereocenters. The zero-order valence-corrected chi connectivity index (χ0v) is 10.7. The van der Waals surface area contributed by atoms with Gasteiger partial charge in [-0.25, -0.2) is 0 Å². The number of aldehydes is 1. The normalized spacial score (nSPS) is 11.9. The van der Waals surface area contributed by atoms with Gasteiger partial charge in [-0.15, -0.1) is 0 Å². The number of aromatic nitrogens is 1. The molecule has 1 aromatic heterocycles. The van der Waals surface area contributed by atoms with E-state index in [0.717, 1.165) is 10.2 Å². The molecule has 0 saturated heterocycles. The van der Waals surface area contributed by atoms with E-state index in [4.69, 9.17) is 4.74 Å². The van der Waals surface area contributed by atoms with Crippen molar-refractivity contribution in [1.82, 2.24) is 4.98 Å². The average molecular weight is 286 g/mol. The molecule has 0 radical (unpaired) electrons. The summed E-state index contributed by atoms with van der Waals surface area (Å²) in [6.07, 6.45) is 0.549. The van der Waals surface area contributed by atoms with E-state index in [2.05, 4.69) is 20.9 Å². The SMILES string of the molecule is CCOC(=O)C(C=O)c1ccc(Br)c(C)n1. The van der Waals surface area contributed by atoms with Crippen molar-refractivity contribution in [2.45, 2.75) is 19.8 Å². The molecule has 86 valence electrons. The lowest BCUT2D eigenvalue weighted by molar-refractivity contribution is -0.146. The number of nitrogens with zero attached hydrogens (tertiary/aromatic N) is 1. The summed E-state index contributed by atoms with van der Waals surface area (Å²) in [5.41, 5.74) is 1.14. The van der Waals surface area contributed by atoms with Crippen LogP contribution in [0, 0.1) is 6.92 Å². The van der Waals surface area contributed by atoms with Gasteiger partial charge < -0.3 is 9.53 Å². The van der Waals surface area contributed by atoms with Gasteiger partial charge in [-0.1, -0.05) is 0 Å². The summed E-state index contributed by atoms with van der Waals surface area (Å²) in [6.45, 7) is 3.74. The number of hydrogen-bond acceptors (Lipinski definition) is 4. The van der Waals surface area contributed by atoms with Crippen LogP contribution in [-0.2, 0) is 14.3 Å². The Labute approximate surface area is 102 Å². The van der Waals surface area contributed by atoms with E-state index in [1.54, 1.807) is 26.0 Å². The van der Waals surface area contributed by atoms with Crippen LogP contribution in [0.3, 0.4) is 0 Å². The van der Waals surface area contributed by atoms with Crippen LogP contribution in [0.25, 0.3) is 0 Å². The summed E-state index contributed by atoms with van der Waals surface area (Å²) in [5, 5.41) is 0. The molecule has 1 rings (SSSR count). The van der Waals surface area contributed by atoms with Gasteiger partial charge in [0.25, 0.3) is 0 Å². The highest BCUT2D eigenvalue weighted by Crippen LogP contribution is 2.19. The van der Waals surface area contributed by atoms with Gasteiger partial charge in [-0.05, 0) is 41.9 Å². The molecule has 1 aromatic rings. The molecule has 4 nitrogen and oxygen atoms in total. The zero-order chi connectivity index (χ0) is 12.1. The van der Waals surface area contributed by atoms with E-state index in [-0.39, 0.29) is 6.61 Å². The van der Waals surface area contributed by atoms with Gasteiger partial charge in [-0.3, -0.25) is 9.78 Å². The van der Waals surface area contributed by atoms with Gasteiger partial charge in [0.2, 0.25) is 0 Å². The molecule has 0 aromatic carbocycles. The van der Waals surface area contributed by atoms with Crippen LogP contribution >= 0.6 is 15.9 Å². The van der Waals surface area contributed by atoms with Crippen LogP contribution in [0.4, 0.5) is 0 Å². The summed E-state index contributed by atoms with van der Waals surface area (Å²) in [5.74, 6) is -1.50. The van der Waals surface area contributed by atoms with Crippen LogP contribution in [0.2, 0.25) is 0 Å². The maximum Gasteiger partial charge on any atom is 0.322 e. The number of rotatable bonds is 4. The Kier molecular flexibility index (Phi) is 4.61. The Hall–Kier alpha value is -1.23. The first-order valence-corrected chi connectivity index (χ1v) is 5.64.